The van der Waals surface area contributed by atoms with Crippen LogP contribution in [-0.4, -0.2) is 57.6 Å². The number of amides is 1. The van der Waals surface area contributed by atoms with Crippen molar-refractivity contribution < 1.29 is 28.9 Å². The summed E-state index contributed by atoms with van der Waals surface area (Å²) in [5, 5.41) is 11.4. The monoisotopic (exact) mass is 561 g/mol. The van der Waals surface area contributed by atoms with Crippen LogP contribution in [0.25, 0.3) is 5.76 Å². The van der Waals surface area contributed by atoms with E-state index in [-0.39, 0.29) is 11.3 Å². The van der Waals surface area contributed by atoms with Crippen LogP contribution < -0.4 is 14.2 Å². The number of Topliss-reactive ketones (excluding diaryl/α,β-unsaturated/α-hetero) is 1. The van der Waals surface area contributed by atoms with E-state index in [0.29, 0.717) is 67.7 Å². The molecule has 4 rings (SSSR count). The summed E-state index contributed by atoms with van der Waals surface area (Å²) in [7, 11) is 0. The highest BCUT2D eigenvalue weighted by Gasteiger charge is 2.46. The van der Waals surface area contributed by atoms with Gasteiger partial charge in [0.15, 0.2) is 11.5 Å². The molecule has 9 nitrogen and oxygen atoms in total. The summed E-state index contributed by atoms with van der Waals surface area (Å²) in [4.78, 5) is 32.5. The Balaban J connectivity index is 1.73. The van der Waals surface area contributed by atoms with E-state index >= 15 is 0 Å². The summed E-state index contributed by atoms with van der Waals surface area (Å²) in [6, 6.07) is 11.5. The zero-order valence-electron chi connectivity index (χ0n) is 24.0. The molecule has 218 valence electrons. The van der Waals surface area contributed by atoms with Crippen LogP contribution in [0, 0.1) is 0 Å². The zero-order chi connectivity index (χ0) is 29.2. The SMILES string of the molecule is CCCCOc1ccc(C2/C(=C(\O)c3ccc(OCCC)cc3)C(=O)C(=O)N2CCCn2ccnc2)cc1OCC. The van der Waals surface area contributed by atoms with Crippen LogP contribution in [0.5, 0.6) is 17.2 Å². The summed E-state index contributed by atoms with van der Waals surface area (Å²) in [6.45, 7) is 8.50. The smallest absolute Gasteiger partial charge is 0.295 e. The lowest BCUT2D eigenvalue weighted by atomic mass is 9.95. The van der Waals surface area contributed by atoms with Crippen molar-refractivity contribution in [1.82, 2.24) is 14.5 Å². The Morgan fingerprint density at radius 3 is 2.39 bits per heavy atom. The number of rotatable bonds is 15. The van der Waals surface area contributed by atoms with E-state index in [1.54, 1.807) is 42.9 Å². The maximum Gasteiger partial charge on any atom is 0.295 e. The minimum absolute atomic E-state index is 0.0435. The first kappa shape index (κ1) is 29.7. The molecular weight excluding hydrogens is 522 g/mol. The number of aromatic nitrogens is 2. The van der Waals surface area contributed by atoms with Crippen molar-refractivity contribution in [3.05, 3.63) is 77.9 Å². The molecule has 1 aromatic heterocycles. The maximum absolute atomic E-state index is 13.5. The lowest BCUT2D eigenvalue weighted by Crippen LogP contribution is -2.31. The topological polar surface area (TPSA) is 103 Å². The summed E-state index contributed by atoms with van der Waals surface area (Å²) in [5.74, 6) is 0.203. The quantitative estimate of drug-likeness (QED) is 0.109. The number of carbonyl (C=O) groups excluding carboxylic acids is 2. The van der Waals surface area contributed by atoms with Crippen LogP contribution in [0.2, 0.25) is 0 Å². The fourth-order valence-corrected chi connectivity index (χ4v) is 4.79. The van der Waals surface area contributed by atoms with Gasteiger partial charge in [-0.25, -0.2) is 4.98 Å². The minimum atomic E-state index is -0.794. The van der Waals surface area contributed by atoms with Gasteiger partial charge in [-0.3, -0.25) is 9.59 Å². The van der Waals surface area contributed by atoms with E-state index in [1.165, 1.54) is 4.90 Å². The van der Waals surface area contributed by atoms with Crippen molar-refractivity contribution in [3.8, 4) is 17.2 Å². The third-order valence-corrected chi connectivity index (χ3v) is 6.85. The normalized spacial score (nSPS) is 16.3. The first-order valence-electron chi connectivity index (χ1n) is 14.3. The van der Waals surface area contributed by atoms with Gasteiger partial charge in [-0.1, -0.05) is 26.3 Å². The number of likely N-dealkylation sites (tertiary alicyclic amines) is 1. The fourth-order valence-electron chi connectivity index (χ4n) is 4.79. The highest BCUT2D eigenvalue weighted by atomic mass is 16.5. The zero-order valence-corrected chi connectivity index (χ0v) is 24.0. The van der Waals surface area contributed by atoms with Gasteiger partial charge in [-0.15, -0.1) is 0 Å². The Hall–Kier alpha value is -4.27. The molecule has 1 aliphatic rings. The molecular formula is C32H39N3O6. The molecule has 1 unspecified atom stereocenters. The molecule has 1 saturated heterocycles. The summed E-state index contributed by atoms with van der Waals surface area (Å²) in [6.07, 6.45) is 8.65. The van der Waals surface area contributed by atoms with Crippen LogP contribution in [0.4, 0.5) is 0 Å². The number of hydrogen-bond acceptors (Lipinski definition) is 7. The first-order valence-corrected chi connectivity index (χ1v) is 14.3. The van der Waals surface area contributed by atoms with Gasteiger partial charge in [-0.05, 0) is 68.1 Å². The Labute approximate surface area is 241 Å². The van der Waals surface area contributed by atoms with Gasteiger partial charge in [0.2, 0.25) is 0 Å². The summed E-state index contributed by atoms with van der Waals surface area (Å²) < 4.78 is 19.4. The van der Waals surface area contributed by atoms with Gasteiger partial charge in [-0.2, -0.15) is 0 Å². The number of aliphatic hydroxyl groups is 1. The van der Waals surface area contributed by atoms with Gasteiger partial charge in [0, 0.05) is 31.0 Å². The lowest BCUT2D eigenvalue weighted by molar-refractivity contribution is -0.139. The van der Waals surface area contributed by atoms with Crippen molar-refractivity contribution in [2.45, 2.75) is 59.0 Å². The van der Waals surface area contributed by atoms with E-state index in [4.69, 9.17) is 14.2 Å². The van der Waals surface area contributed by atoms with Crippen LogP contribution in [0.15, 0.2) is 66.8 Å². The second-order valence-corrected chi connectivity index (χ2v) is 9.86. The number of hydrogen-bond donors (Lipinski definition) is 1. The largest absolute Gasteiger partial charge is 0.507 e. The highest BCUT2D eigenvalue weighted by molar-refractivity contribution is 6.46. The van der Waals surface area contributed by atoms with Crippen LogP contribution in [0.1, 0.15) is 63.6 Å². The molecule has 1 N–H and O–H groups in total. The fraction of sp³-hybridized carbons (Fsp3) is 0.406. The second-order valence-electron chi connectivity index (χ2n) is 9.86. The van der Waals surface area contributed by atoms with Crippen LogP contribution >= 0.6 is 0 Å². The van der Waals surface area contributed by atoms with E-state index < -0.39 is 17.7 Å². The van der Waals surface area contributed by atoms with Gasteiger partial charge in [0.25, 0.3) is 11.7 Å². The summed E-state index contributed by atoms with van der Waals surface area (Å²) >= 11 is 0. The first-order chi connectivity index (χ1) is 20.0. The molecule has 0 bridgehead atoms. The average molecular weight is 562 g/mol. The van der Waals surface area contributed by atoms with Gasteiger partial charge in [0.1, 0.15) is 11.5 Å². The molecule has 0 aliphatic carbocycles. The summed E-state index contributed by atoms with van der Waals surface area (Å²) in [5.41, 5.74) is 1.13. The van der Waals surface area contributed by atoms with Gasteiger partial charge >= 0.3 is 0 Å². The number of benzene rings is 2. The van der Waals surface area contributed by atoms with E-state index in [2.05, 4.69) is 11.9 Å². The van der Waals surface area contributed by atoms with E-state index in [1.807, 2.05) is 36.7 Å². The number of aryl methyl sites for hydroxylation is 1. The van der Waals surface area contributed by atoms with Crippen molar-refractivity contribution in [1.29, 1.82) is 0 Å². The van der Waals surface area contributed by atoms with Crippen LogP contribution in [0.3, 0.4) is 0 Å². The van der Waals surface area contributed by atoms with E-state index in [9.17, 15) is 14.7 Å². The molecule has 1 amide bonds. The molecule has 1 aliphatic heterocycles. The number of ketones is 1. The molecule has 9 heteroatoms. The van der Waals surface area contributed by atoms with Crippen LogP contribution in [-0.2, 0) is 16.1 Å². The number of unbranched alkanes of at least 4 members (excludes halogenated alkanes) is 1. The Kier molecular flexibility index (Phi) is 10.4. The predicted octanol–water partition coefficient (Wildman–Crippen LogP) is 5.76. The van der Waals surface area contributed by atoms with Gasteiger partial charge in [0.05, 0.1) is 37.8 Å². The highest BCUT2D eigenvalue weighted by Crippen LogP contribution is 2.42. The minimum Gasteiger partial charge on any atom is -0.507 e. The molecule has 0 saturated carbocycles. The molecule has 3 aromatic rings. The van der Waals surface area contributed by atoms with E-state index in [0.717, 1.165) is 19.3 Å². The van der Waals surface area contributed by atoms with Crippen molar-refractivity contribution in [2.24, 2.45) is 0 Å². The Morgan fingerprint density at radius 2 is 1.71 bits per heavy atom. The number of carbonyl (C=O) groups is 2. The molecule has 2 aromatic carbocycles. The standard InChI is InChI=1S/C32H39N3O6/c1-4-7-20-41-26-14-11-24(21-27(26)39-6-3)29-28(30(36)23-9-12-25(13-10-23)40-19-5-2)31(37)32(38)35(29)17-8-16-34-18-15-33-22-34/h9-15,18,21-22,29,36H,4-8,16-17,19-20H2,1-3H3/b30-28+. The second kappa shape index (κ2) is 14.4. The van der Waals surface area contributed by atoms with Crippen molar-refractivity contribution in [2.75, 3.05) is 26.4 Å². The Morgan fingerprint density at radius 1 is 0.902 bits per heavy atom. The third kappa shape index (κ3) is 7.09. The molecule has 1 atom stereocenters. The maximum atomic E-state index is 13.5. The number of aliphatic hydroxyl groups excluding tert-OH is 1. The number of imidazole rings is 1. The van der Waals surface area contributed by atoms with Gasteiger partial charge < -0.3 is 28.8 Å². The Bertz CT molecular complexity index is 1330. The molecule has 0 spiro atoms. The molecule has 0 radical (unpaired) electrons. The molecule has 1 fully saturated rings. The molecule has 41 heavy (non-hydrogen) atoms. The number of nitrogens with zero attached hydrogens (tertiary/aromatic N) is 3. The van der Waals surface area contributed by atoms with Crippen molar-refractivity contribution in [3.63, 3.8) is 0 Å². The molecule has 2 heterocycles. The third-order valence-electron chi connectivity index (χ3n) is 6.85. The van der Waals surface area contributed by atoms with Crippen molar-refractivity contribution >= 4 is 17.4 Å². The number of ether oxygens (including phenoxy) is 3. The average Bonchev–Trinajstić information content (AvgIpc) is 3.59. The lowest BCUT2D eigenvalue weighted by Gasteiger charge is -2.26. The predicted molar refractivity (Wildman–Crippen MR) is 156 cm³/mol.